The van der Waals surface area contributed by atoms with Crippen LogP contribution in [-0.4, -0.2) is 15.0 Å². The maximum absolute atomic E-state index is 5.97. The molecule has 1 aromatic heterocycles. The van der Waals surface area contributed by atoms with Crippen LogP contribution in [0.25, 0.3) is 0 Å². The molecule has 0 aliphatic heterocycles. The average molecular weight is 293 g/mol. The lowest BCUT2D eigenvalue weighted by molar-refractivity contribution is 0.860. The molecular formula is C13H13ClN4S. The molecule has 0 saturated carbocycles. The number of aromatic nitrogens is 2. The summed E-state index contributed by atoms with van der Waals surface area (Å²) in [5, 5.41) is 3.88. The van der Waals surface area contributed by atoms with Crippen molar-refractivity contribution in [2.24, 2.45) is 5.73 Å². The molecule has 0 spiro atoms. The third-order valence-corrected chi connectivity index (χ3v) is 3.05. The molecule has 1 unspecified atom stereocenters. The molecule has 1 aromatic carbocycles. The molecule has 0 fully saturated rings. The van der Waals surface area contributed by atoms with Crippen LogP contribution in [0.2, 0.25) is 5.02 Å². The largest absolute Gasteiger partial charge is 0.388 e. The number of anilines is 1. The highest BCUT2D eigenvalue weighted by Crippen LogP contribution is 2.20. The van der Waals surface area contributed by atoms with Gasteiger partial charge in [0, 0.05) is 11.2 Å². The molecular weight excluding hydrogens is 280 g/mol. The van der Waals surface area contributed by atoms with E-state index in [-0.39, 0.29) is 11.0 Å². The summed E-state index contributed by atoms with van der Waals surface area (Å²) in [6.07, 6.45) is 1.62. The molecule has 3 N–H and O–H groups in total. The van der Waals surface area contributed by atoms with E-state index in [1.54, 1.807) is 12.3 Å². The minimum absolute atomic E-state index is 0.0281. The molecule has 1 atom stereocenters. The Morgan fingerprint density at radius 2 is 2.21 bits per heavy atom. The van der Waals surface area contributed by atoms with E-state index < -0.39 is 0 Å². The van der Waals surface area contributed by atoms with Crippen molar-refractivity contribution in [3.63, 3.8) is 0 Å². The molecule has 6 heteroatoms. The third kappa shape index (κ3) is 3.62. The fraction of sp³-hybridized carbons (Fsp3) is 0.154. The highest BCUT2D eigenvalue weighted by molar-refractivity contribution is 7.80. The first-order valence-corrected chi connectivity index (χ1v) is 6.50. The number of nitrogens with two attached hydrogens (primary N) is 1. The zero-order valence-corrected chi connectivity index (χ0v) is 11.9. The summed E-state index contributed by atoms with van der Waals surface area (Å²) >= 11 is 10.9. The predicted octanol–water partition coefficient (Wildman–Crippen LogP) is 2.94. The van der Waals surface area contributed by atoms with Crippen molar-refractivity contribution >= 4 is 34.8 Å². The van der Waals surface area contributed by atoms with Gasteiger partial charge >= 0.3 is 0 Å². The molecule has 98 valence electrons. The fourth-order valence-electron chi connectivity index (χ4n) is 1.62. The summed E-state index contributed by atoms with van der Waals surface area (Å²) in [5.74, 6) is 0.484. The minimum atomic E-state index is 0.0281. The lowest BCUT2D eigenvalue weighted by atomic mass is 10.1. The van der Waals surface area contributed by atoms with Gasteiger partial charge in [-0.25, -0.2) is 9.97 Å². The summed E-state index contributed by atoms with van der Waals surface area (Å²) in [5.41, 5.74) is 7.14. The van der Waals surface area contributed by atoms with Gasteiger partial charge in [-0.05, 0) is 30.7 Å². The Balaban J connectivity index is 2.17. The van der Waals surface area contributed by atoms with Crippen LogP contribution < -0.4 is 11.1 Å². The van der Waals surface area contributed by atoms with E-state index in [0.717, 1.165) is 5.56 Å². The van der Waals surface area contributed by atoms with E-state index in [2.05, 4.69) is 15.3 Å². The van der Waals surface area contributed by atoms with Crippen molar-refractivity contribution in [1.82, 2.24) is 9.97 Å². The van der Waals surface area contributed by atoms with Gasteiger partial charge < -0.3 is 11.1 Å². The van der Waals surface area contributed by atoms with E-state index in [1.165, 1.54) is 0 Å². The molecule has 0 amide bonds. The lowest BCUT2D eigenvalue weighted by Gasteiger charge is -2.14. The van der Waals surface area contributed by atoms with Gasteiger partial charge in [0.15, 0.2) is 0 Å². The second kappa shape index (κ2) is 5.95. The maximum Gasteiger partial charge on any atom is 0.223 e. The molecule has 19 heavy (non-hydrogen) atoms. The van der Waals surface area contributed by atoms with Gasteiger partial charge in [-0.2, -0.15) is 0 Å². The molecule has 0 aliphatic carbocycles. The smallest absolute Gasteiger partial charge is 0.223 e. The normalized spacial score (nSPS) is 11.9. The number of thiocarbonyl (C=S) groups is 1. The minimum Gasteiger partial charge on any atom is -0.388 e. The van der Waals surface area contributed by atoms with Gasteiger partial charge in [-0.15, -0.1) is 0 Å². The van der Waals surface area contributed by atoms with Crippen LogP contribution in [-0.2, 0) is 0 Å². The number of rotatable bonds is 4. The molecule has 2 aromatic rings. The van der Waals surface area contributed by atoms with Crippen molar-refractivity contribution in [2.75, 3.05) is 5.32 Å². The second-order valence-electron chi connectivity index (χ2n) is 4.05. The molecule has 0 bridgehead atoms. The Hall–Kier alpha value is -1.72. The van der Waals surface area contributed by atoms with E-state index in [9.17, 15) is 0 Å². The zero-order chi connectivity index (χ0) is 13.8. The van der Waals surface area contributed by atoms with Crippen molar-refractivity contribution in [3.05, 3.63) is 52.8 Å². The highest BCUT2D eigenvalue weighted by Gasteiger charge is 2.08. The fourth-order valence-corrected chi connectivity index (χ4v) is 1.93. The van der Waals surface area contributed by atoms with Gasteiger partial charge in [0.25, 0.3) is 0 Å². The van der Waals surface area contributed by atoms with E-state index in [1.807, 2.05) is 31.2 Å². The van der Waals surface area contributed by atoms with Gasteiger partial charge in [-0.1, -0.05) is 36.0 Å². The van der Waals surface area contributed by atoms with E-state index >= 15 is 0 Å². The Morgan fingerprint density at radius 3 is 2.89 bits per heavy atom. The lowest BCUT2D eigenvalue weighted by Crippen LogP contribution is -2.15. The van der Waals surface area contributed by atoms with Crippen LogP contribution in [0, 0.1) is 0 Å². The number of benzene rings is 1. The van der Waals surface area contributed by atoms with Gasteiger partial charge in [-0.3, -0.25) is 0 Å². The third-order valence-electron chi connectivity index (χ3n) is 2.60. The quantitative estimate of drug-likeness (QED) is 0.848. The van der Waals surface area contributed by atoms with Crippen molar-refractivity contribution in [1.29, 1.82) is 0 Å². The average Bonchev–Trinajstić information content (AvgIpc) is 2.39. The molecule has 0 aliphatic rings. The summed E-state index contributed by atoms with van der Waals surface area (Å²) in [7, 11) is 0. The van der Waals surface area contributed by atoms with Crippen molar-refractivity contribution in [2.45, 2.75) is 13.0 Å². The number of hydrogen-bond acceptors (Lipinski definition) is 4. The van der Waals surface area contributed by atoms with Crippen LogP contribution >= 0.6 is 23.8 Å². The van der Waals surface area contributed by atoms with Crippen LogP contribution in [0.1, 0.15) is 24.2 Å². The standard InChI is InChI=1S/C13H13ClN4S/c1-8(9-3-2-4-10(14)7-9)17-13-16-6-5-11(18-13)12(15)19/h2-8H,1H3,(H2,15,19)(H,16,17,18). The first-order valence-electron chi connectivity index (χ1n) is 5.71. The van der Waals surface area contributed by atoms with Gasteiger partial charge in [0.1, 0.15) is 10.7 Å². The van der Waals surface area contributed by atoms with Crippen molar-refractivity contribution < 1.29 is 0 Å². The van der Waals surface area contributed by atoms with Gasteiger partial charge in [0.05, 0.1) is 6.04 Å². The first kappa shape index (κ1) is 13.7. The predicted molar refractivity (Wildman–Crippen MR) is 81.4 cm³/mol. The van der Waals surface area contributed by atoms with Crippen LogP contribution in [0.3, 0.4) is 0 Å². The van der Waals surface area contributed by atoms with Crippen LogP contribution in [0.4, 0.5) is 5.95 Å². The first-order chi connectivity index (χ1) is 9.06. The number of hydrogen-bond donors (Lipinski definition) is 2. The Labute approximate surface area is 122 Å². The van der Waals surface area contributed by atoms with Crippen LogP contribution in [0.15, 0.2) is 36.5 Å². The monoisotopic (exact) mass is 292 g/mol. The maximum atomic E-state index is 5.97. The highest BCUT2D eigenvalue weighted by atomic mass is 35.5. The van der Waals surface area contributed by atoms with Gasteiger partial charge in [0.2, 0.25) is 5.95 Å². The van der Waals surface area contributed by atoms with Crippen LogP contribution in [0.5, 0.6) is 0 Å². The Morgan fingerprint density at radius 1 is 1.42 bits per heavy atom. The molecule has 1 heterocycles. The SMILES string of the molecule is CC(Nc1nccc(C(N)=S)n1)c1cccc(Cl)c1. The van der Waals surface area contributed by atoms with E-state index in [4.69, 9.17) is 29.6 Å². The molecule has 4 nitrogen and oxygen atoms in total. The van der Waals surface area contributed by atoms with E-state index in [0.29, 0.717) is 16.7 Å². The summed E-state index contributed by atoms with van der Waals surface area (Å²) < 4.78 is 0. The second-order valence-corrected chi connectivity index (χ2v) is 4.93. The molecule has 2 rings (SSSR count). The number of halogens is 1. The summed E-state index contributed by atoms with van der Waals surface area (Å²) in [6.45, 7) is 2.00. The Bertz CT molecular complexity index is 603. The molecule has 0 radical (unpaired) electrons. The summed E-state index contributed by atoms with van der Waals surface area (Å²) in [6, 6.07) is 9.33. The number of nitrogens with zero attached hydrogens (tertiary/aromatic N) is 2. The molecule has 0 saturated heterocycles. The zero-order valence-electron chi connectivity index (χ0n) is 10.3. The summed E-state index contributed by atoms with van der Waals surface area (Å²) in [4.78, 5) is 8.63. The Kier molecular flexibility index (Phi) is 4.29. The topological polar surface area (TPSA) is 63.8 Å². The van der Waals surface area contributed by atoms with Crippen molar-refractivity contribution in [3.8, 4) is 0 Å². The number of nitrogens with one attached hydrogen (secondary N) is 1.